The molecular weight excluding hydrogens is 244 g/mol. The zero-order valence-electron chi connectivity index (χ0n) is 12.7. The maximum atomic E-state index is 12.0. The topological polar surface area (TPSA) is 58.6 Å². The predicted molar refractivity (Wildman–Crippen MR) is 73.8 cm³/mol. The fourth-order valence-corrected chi connectivity index (χ4v) is 1.96. The van der Waals surface area contributed by atoms with Crippen LogP contribution in [0.4, 0.5) is 4.79 Å². The smallest absolute Gasteiger partial charge is 0.410 e. The first-order chi connectivity index (χ1) is 8.69. The highest BCUT2D eigenvalue weighted by Gasteiger charge is 2.28. The quantitative estimate of drug-likeness (QED) is 0.836. The van der Waals surface area contributed by atoms with Gasteiger partial charge in [-0.2, -0.15) is 0 Å². The lowest BCUT2D eigenvalue weighted by Crippen LogP contribution is -2.51. The third-order valence-corrected chi connectivity index (χ3v) is 2.94. The minimum absolute atomic E-state index is 0.0306. The molecule has 1 atom stereocenters. The van der Waals surface area contributed by atoms with Crippen molar-refractivity contribution >= 4 is 12.0 Å². The molecule has 0 aromatic heterocycles. The van der Waals surface area contributed by atoms with Crippen LogP contribution in [0, 0.1) is 5.92 Å². The summed E-state index contributed by atoms with van der Waals surface area (Å²) in [6.07, 6.45) is 1.51. The molecule has 1 saturated heterocycles. The van der Waals surface area contributed by atoms with Gasteiger partial charge in [-0.05, 0) is 33.6 Å². The van der Waals surface area contributed by atoms with Crippen molar-refractivity contribution in [1.82, 2.24) is 10.2 Å². The molecule has 0 aromatic rings. The maximum absolute atomic E-state index is 12.0. The Kier molecular flexibility index (Phi) is 5.20. The Morgan fingerprint density at radius 2 is 1.95 bits per heavy atom. The molecule has 1 aliphatic rings. The first kappa shape index (κ1) is 15.8. The molecule has 2 amide bonds. The van der Waals surface area contributed by atoms with E-state index < -0.39 is 5.60 Å². The van der Waals surface area contributed by atoms with Crippen LogP contribution in [0.2, 0.25) is 0 Å². The van der Waals surface area contributed by atoms with Crippen LogP contribution >= 0.6 is 0 Å². The Morgan fingerprint density at radius 1 is 1.32 bits per heavy atom. The van der Waals surface area contributed by atoms with E-state index in [2.05, 4.69) is 5.32 Å². The summed E-state index contributed by atoms with van der Waals surface area (Å²) in [5.74, 6) is 0.00735. The van der Waals surface area contributed by atoms with E-state index in [4.69, 9.17) is 4.74 Å². The Labute approximate surface area is 115 Å². The van der Waals surface area contributed by atoms with Gasteiger partial charge in [-0.15, -0.1) is 0 Å². The summed E-state index contributed by atoms with van der Waals surface area (Å²) >= 11 is 0. The molecule has 0 aromatic carbocycles. The van der Waals surface area contributed by atoms with E-state index in [0.717, 1.165) is 12.8 Å². The number of hydrogen-bond donors (Lipinski definition) is 1. The third-order valence-electron chi connectivity index (χ3n) is 2.94. The number of hydrogen-bond acceptors (Lipinski definition) is 3. The molecule has 19 heavy (non-hydrogen) atoms. The number of amides is 2. The zero-order chi connectivity index (χ0) is 14.6. The van der Waals surface area contributed by atoms with Crippen molar-refractivity contribution in [2.45, 2.75) is 59.1 Å². The highest BCUT2D eigenvalue weighted by atomic mass is 16.6. The van der Waals surface area contributed by atoms with E-state index in [1.807, 2.05) is 34.6 Å². The van der Waals surface area contributed by atoms with E-state index in [-0.39, 0.29) is 24.0 Å². The largest absolute Gasteiger partial charge is 0.444 e. The number of ether oxygens (including phenoxy) is 1. The molecule has 1 rings (SSSR count). The third kappa shape index (κ3) is 5.49. The van der Waals surface area contributed by atoms with Crippen LogP contribution in [0.5, 0.6) is 0 Å². The Hall–Kier alpha value is -1.26. The van der Waals surface area contributed by atoms with Gasteiger partial charge >= 0.3 is 6.09 Å². The van der Waals surface area contributed by atoms with Gasteiger partial charge in [-0.25, -0.2) is 4.79 Å². The first-order valence-electron chi connectivity index (χ1n) is 6.97. The Morgan fingerprint density at radius 3 is 2.47 bits per heavy atom. The molecule has 0 spiro atoms. The number of carbonyl (C=O) groups excluding carboxylic acids is 2. The summed E-state index contributed by atoms with van der Waals surface area (Å²) < 4.78 is 5.35. The summed E-state index contributed by atoms with van der Waals surface area (Å²) in [5, 5.41) is 2.98. The van der Waals surface area contributed by atoms with Gasteiger partial charge in [0.15, 0.2) is 0 Å². The lowest BCUT2D eigenvalue weighted by Gasteiger charge is -2.34. The van der Waals surface area contributed by atoms with Crippen molar-refractivity contribution in [1.29, 1.82) is 0 Å². The fourth-order valence-electron chi connectivity index (χ4n) is 1.96. The zero-order valence-corrected chi connectivity index (χ0v) is 12.7. The average Bonchev–Trinajstić information content (AvgIpc) is 2.27. The minimum atomic E-state index is -0.481. The predicted octanol–water partition coefficient (Wildman–Crippen LogP) is 2.16. The highest BCUT2D eigenvalue weighted by molar-refractivity contribution is 5.78. The van der Waals surface area contributed by atoms with Crippen LogP contribution in [0.3, 0.4) is 0 Å². The van der Waals surface area contributed by atoms with Gasteiger partial charge in [0.2, 0.25) is 5.91 Å². The van der Waals surface area contributed by atoms with Gasteiger partial charge in [0.25, 0.3) is 0 Å². The monoisotopic (exact) mass is 270 g/mol. The van der Waals surface area contributed by atoms with Crippen molar-refractivity contribution in [3.8, 4) is 0 Å². The molecule has 1 fully saturated rings. The van der Waals surface area contributed by atoms with E-state index >= 15 is 0 Å². The average molecular weight is 270 g/mol. The second-order valence-corrected chi connectivity index (χ2v) is 6.43. The van der Waals surface area contributed by atoms with Gasteiger partial charge in [0, 0.05) is 25.0 Å². The fraction of sp³-hybridized carbons (Fsp3) is 0.857. The summed E-state index contributed by atoms with van der Waals surface area (Å²) in [5.41, 5.74) is -0.481. The van der Waals surface area contributed by atoms with Crippen LogP contribution in [-0.2, 0) is 9.53 Å². The molecule has 0 saturated carbocycles. The molecular formula is C14H26N2O3. The number of rotatable bonds is 2. The van der Waals surface area contributed by atoms with Crippen molar-refractivity contribution in [2.75, 3.05) is 13.1 Å². The first-order valence-corrected chi connectivity index (χ1v) is 6.97. The number of likely N-dealkylation sites (tertiary alicyclic amines) is 1. The van der Waals surface area contributed by atoms with Crippen molar-refractivity contribution < 1.29 is 14.3 Å². The van der Waals surface area contributed by atoms with E-state index in [0.29, 0.717) is 13.1 Å². The molecule has 110 valence electrons. The van der Waals surface area contributed by atoms with Crippen LogP contribution in [0.15, 0.2) is 0 Å². The van der Waals surface area contributed by atoms with Crippen molar-refractivity contribution in [2.24, 2.45) is 5.92 Å². The normalized spacial score (nSPS) is 20.3. The molecule has 0 bridgehead atoms. The SMILES string of the molecule is CC(C)C(=O)N[C@@H]1CCCN(C(=O)OC(C)(C)C)C1. The van der Waals surface area contributed by atoms with Gasteiger partial charge in [0.1, 0.15) is 5.60 Å². The van der Waals surface area contributed by atoms with E-state index in [1.54, 1.807) is 4.90 Å². The van der Waals surface area contributed by atoms with Gasteiger partial charge < -0.3 is 15.0 Å². The lowest BCUT2D eigenvalue weighted by atomic mass is 10.0. The molecule has 0 unspecified atom stereocenters. The number of nitrogens with one attached hydrogen (secondary N) is 1. The number of carbonyl (C=O) groups is 2. The minimum Gasteiger partial charge on any atom is -0.444 e. The van der Waals surface area contributed by atoms with Gasteiger partial charge in [-0.1, -0.05) is 13.8 Å². The second kappa shape index (κ2) is 6.26. The van der Waals surface area contributed by atoms with E-state index in [1.165, 1.54) is 0 Å². The summed E-state index contributed by atoms with van der Waals surface area (Å²) in [6, 6.07) is 0.0381. The molecule has 5 nitrogen and oxygen atoms in total. The molecule has 1 aliphatic heterocycles. The van der Waals surface area contributed by atoms with Crippen LogP contribution < -0.4 is 5.32 Å². The lowest BCUT2D eigenvalue weighted by molar-refractivity contribution is -0.125. The standard InChI is InChI=1S/C14H26N2O3/c1-10(2)12(17)15-11-7-6-8-16(9-11)13(18)19-14(3,4)5/h10-11H,6-9H2,1-5H3,(H,15,17)/t11-/m1/s1. The second-order valence-electron chi connectivity index (χ2n) is 6.43. The van der Waals surface area contributed by atoms with E-state index in [9.17, 15) is 9.59 Å². The summed E-state index contributed by atoms with van der Waals surface area (Å²) in [6.45, 7) is 10.5. The van der Waals surface area contributed by atoms with Crippen LogP contribution in [-0.4, -0.2) is 41.6 Å². The van der Waals surface area contributed by atoms with Crippen LogP contribution in [0.25, 0.3) is 0 Å². The molecule has 0 radical (unpaired) electrons. The number of piperidine rings is 1. The van der Waals surface area contributed by atoms with Gasteiger partial charge in [-0.3, -0.25) is 4.79 Å². The van der Waals surface area contributed by atoms with Crippen molar-refractivity contribution in [3.63, 3.8) is 0 Å². The van der Waals surface area contributed by atoms with Crippen LogP contribution in [0.1, 0.15) is 47.5 Å². The highest BCUT2D eigenvalue weighted by Crippen LogP contribution is 2.15. The molecule has 1 N–H and O–H groups in total. The molecule has 0 aliphatic carbocycles. The van der Waals surface area contributed by atoms with Crippen molar-refractivity contribution in [3.05, 3.63) is 0 Å². The van der Waals surface area contributed by atoms with Gasteiger partial charge in [0.05, 0.1) is 0 Å². The Balaban J connectivity index is 2.50. The maximum Gasteiger partial charge on any atom is 0.410 e. The number of nitrogens with zero attached hydrogens (tertiary/aromatic N) is 1. The molecule has 1 heterocycles. The molecule has 5 heteroatoms. The summed E-state index contributed by atoms with van der Waals surface area (Å²) in [7, 11) is 0. The Bertz CT molecular complexity index is 334. The summed E-state index contributed by atoms with van der Waals surface area (Å²) in [4.78, 5) is 25.3.